The molecule has 0 atom stereocenters. The maximum atomic E-state index is 13.3. The molecular weight excluding hydrogens is 376 g/mol. The van der Waals surface area contributed by atoms with Crippen molar-refractivity contribution in [3.63, 3.8) is 0 Å². The lowest BCUT2D eigenvalue weighted by Crippen LogP contribution is -2.52. The highest BCUT2D eigenvalue weighted by Crippen LogP contribution is 2.28. The predicted molar refractivity (Wildman–Crippen MR) is 106 cm³/mol. The predicted octanol–water partition coefficient (Wildman–Crippen LogP) is 2.99. The average Bonchev–Trinajstić information content (AvgIpc) is 3.15. The van der Waals surface area contributed by atoms with Crippen LogP contribution in [0.5, 0.6) is 0 Å². The maximum absolute atomic E-state index is 13.3. The van der Waals surface area contributed by atoms with Crippen LogP contribution in [-0.2, 0) is 10.0 Å². The Morgan fingerprint density at radius 1 is 1.04 bits per heavy atom. The van der Waals surface area contributed by atoms with Crippen LogP contribution in [0.1, 0.15) is 43.6 Å². The molecule has 7 nitrogen and oxygen atoms in total. The summed E-state index contributed by atoms with van der Waals surface area (Å²) in [6.45, 7) is 6.26. The van der Waals surface area contributed by atoms with E-state index < -0.39 is 10.0 Å². The van der Waals surface area contributed by atoms with Gasteiger partial charge >= 0.3 is 0 Å². The summed E-state index contributed by atoms with van der Waals surface area (Å²) >= 11 is 0. The number of nitrogens with zero attached hydrogens (tertiary/aromatic N) is 4. The Balaban J connectivity index is 1.52. The van der Waals surface area contributed by atoms with E-state index in [0.717, 1.165) is 18.7 Å². The fourth-order valence-corrected chi connectivity index (χ4v) is 6.00. The largest absolute Gasteiger partial charge is 0.339 e. The second kappa shape index (κ2) is 7.93. The molecule has 1 aliphatic carbocycles. The minimum Gasteiger partial charge on any atom is -0.339 e. The van der Waals surface area contributed by atoms with Gasteiger partial charge in [-0.25, -0.2) is 8.42 Å². The van der Waals surface area contributed by atoms with Crippen molar-refractivity contribution in [2.45, 2.75) is 56.9 Å². The lowest BCUT2D eigenvalue weighted by molar-refractivity contribution is 0.111. The van der Waals surface area contributed by atoms with Gasteiger partial charge in [0.15, 0.2) is 0 Å². The van der Waals surface area contributed by atoms with Crippen molar-refractivity contribution in [1.82, 2.24) is 19.3 Å². The van der Waals surface area contributed by atoms with Crippen molar-refractivity contribution in [2.75, 3.05) is 26.2 Å². The summed E-state index contributed by atoms with van der Waals surface area (Å²) in [5.74, 6) is 0.870. The highest BCUT2D eigenvalue weighted by atomic mass is 32.2. The van der Waals surface area contributed by atoms with Crippen LogP contribution in [-0.4, -0.2) is 60.0 Å². The van der Waals surface area contributed by atoms with Crippen molar-refractivity contribution in [1.29, 1.82) is 0 Å². The summed E-state index contributed by atoms with van der Waals surface area (Å²) in [7, 11) is -3.55. The zero-order valence-electron chi connectivity index (χ0n) is 16.6. The van der Waals surface area contributed by atoms with Crippen molar-refractivity contribution < 1.29 is 12.9 Å². The first-order valence-electron chi connectivity index (χ1n) is 10.1. The molecule has 2 fully saturated rings. The van der Waals surface area contributed by atoms with E-state index in [1.54, 1.807) is 17.3 Å². The number of aromatic nitrogens is 2. The molecule has 2 heterocycles. The molecule has 1 aliphatic heterocycles. The molecule has 1 aromatic carbocycles. The third-order valence-corrected chi connectivity index (χ3v) is 8.00. The molecule has 1 saturated carbocycles. The summed E-state index contributed by atoms with van der Waals surface area (Å²) in [5.41, 5.74) is 1.39. The Labute approximate surface area is 166 Å². The molecular formula is C20H28N4O3S. The topological polar surface area (TPSA) is 79.5 Å². The van der Waals surface area contributed by atoms with Gasteiger partial charge in [0, 0.05) is 44.7 Å². The van der Waals surface area contributed by atoms with Gasteiger partial charge in [-0.05, 0) is 31.4 Å². The summed E-state index contributed by atoms with van der Waals surface area (Å²) in [6, 6.07) is 5.94. The Bertz CT molecular complexity index is 927. The quantitative estimate of drug-likeness (QED) is 0.779. The van der Waals surface area contributed by atoms with Crippen LogP contribution in [0, 0.1) is 13.8 Å². The molecule has 0 spiro atoms. The van der Waals surface area contributed by atoms with Crippen LogP contribution in [0.4, 0.5) is 0 Å². The highest BCUT2D eigenvalue weighted by Gasteiger charge is 2.32. The normalized spacial score (nSPS) is 20.5. The van der Waals surface area contributed by atoms with Crippen LogP contribution >= 0.6 is 0 Å². The van der Waals surface area contributed by atoms with Gasteiger partial charge in [-0.1, -0.05) is 36.6 Å². The summed E-state index contributed by atoms with van der Waals surface area (Å²) < 4.78 is 33.3. The summed E-state index contributed by atoms with van der Waals surface area (Å²) in [4.78, 5) is 7.03. The second-order valence-electron chi connectivity index (χ2n) is 7.85. The molecule has 152 valence electrons. The first-order valence-corrected chi connectivity index (χ1v) is 11.5. The van der Waals surface area contributed by atoms with Gasteiger partial charge in [0.2, 0.25) is 21.7 Å². The van der Waals surface area contributed by atoms with E-state index in [1.807, 2.05) is 19.1 Å². The van der Waals surface area contributed by atoms with E-state index in [0.29, 0.717) is 41.3 Å². The van der Waals surface area contributed by atoms with Crippen LogP contribution < -0.4 is 0 Å². The lowest BCUT2D eigenvalue weighted by Gasteiger charge is -2.40. The van der Waals surface area contributed by atoms with Crippen LogP contribution in [0.25, 0.3) is 11.4 Å². The molecule has 8 heteroatoms. The number of benzene rings is 1. The minimum atomic E-state index is -3.55. The number of aryl methyl sites for hydroxylation is 2. The fourth-order valence-electron chi connectivity index (χ4n) is 4.33. The van der Waals surface area contributed by atoms with Gasteiger partial charge in [0.25, 0.3) is 0 Å². The zero-order valence-corrected chi connectivity index (χ0v) is 17.4. The Hall–Kier alpha value is -1.77. The first-order chi connectivity index (χ1) is 13.4. The third kappa shape index (κ3) is 3.86. The lowest BCUT2D eigenvalue weighted by atomic mass is 9.94. The standard InChI is InChI=1S/C20H28N4O3S/c1-15-8-9-17(20-21-16(2)27-22-20)14-19(15)28(25,26)24-12-10-23(11-13-24)18-6-4-3-5-7-18/h8-9,14,18H,3-7,10-13H2,1-2H3. The van der Waals surface area contributed by atoms with Gasteiger partial charge < -0.3 is 4.52 Å². The Morgan fingerprint density at radius 3 is 2.39 bits per heavy atom. The second-order valence-corrected chi connectivity index (χ2v) is 9.76. The molecule has 0 bridgehead atoms. The molecule has 0 N–H and O–H groups in total. The number of piperazine rings is 1. The van der Waals surface area contributed by atoms with Crippen LogP contribution in [0.2, 0.25) is 0 Å². The monoisotopic (exact) mass is 404 g/mol. The van der Waals surface area contributed by atoms with Gasteiger partial charge in [0.1, 0.15) is 0 Å². The molecule has 0 radical (unpaired) electrons. The van der Waals surface area contributed by atoms with Crippen LogP contribution in [0.3, 0.4) is 0 Å². The van der Waals surface area contributed by atoms with Crippen molar-refractivity contribution in [3.8, 4) is 11.4 Å². The minimum absolute atomic E-state index is 0.332. The first kappa shape index (κ1) is 19.5. The molecule has 2 aromatic rings. The average molecular weight is 405 g/mol. The van der Waals surface area contributed by atoms with Gasteiger partial charge in [-0.3, -0.25) is 4.90 Å². The SMILES string of the molecule is Cc1nc(-c2ccc(C)c(S(=O)(=O)N3CCN(C4CCCCC4)CC3)c2)no1. The molecule has 4 rings (SSSR count). The summed E-state index contributed by atoms with van der Waals surface area (Å²) in [6.07, 6.45) is 6.42. The number of hydrogen-bond donors (Lipinski definition) is 0. The molecule has 0 amide bonds. The number of rotatable bonds is 4. The van der Waals surface area contributed by atoms with E-state index in [2.05, 4.69) is 15.0 Å². The van der Waals surface area contributed by atoms with Crippen molar-refractivity contribution in [3.05, 3.63) is 29.7 Å². The zero-order chi connectivity index (χ0) is 19.7. The third-order valence-electron chi connectivity index (χ3n) is 5.96. The molecule has 28 heavy (non-hydrogen) atoms. The van der Waals surface area contributed by atoms with Gasteiger partial charge in [-0.15, -0.1) is 0 Å². The van der Waals surface area contributed by atoms with Crippen molar-refractivity contribution in [2.24, 2.45) is 0 Å². The summed E-state index contributed by atoms with van der Waals surface area (Å²) in [5, 5.41) is 3.91. The van der Waals surface area contributed by atoms with E-state index >= 15 is 0 Å². The maximum Gasteiger partial charge on any atom is 0.243 e. The molecule has 0 unspecified atom stereocenters. The molecule has 2 aliphatic rings. The highest BCUT2D eigenvalue weighted by molar-refractivity contribution is 7.89. The molecule has 1 saturated heterocycles. The smallest absolute Gasteiger partial charge is 0.243 e. The van der Waals surface area contributed by atoms with Crippen molar-refractivity contribution >= 4 is 10.0 Å². The van der Waals surface area contributed by atoms with Crippen LogP contribution in [0.15, 0.2) is 27.6 Å². The van der Waals surface area contributed by atoms with Gasteiger partial charge in [-0.2, -0.15) is 9.29 Å². The van der Waals surface area contributed by atoms with E-state index in [9.17, 15) is 8.42 Å². The van der Waals surface area contributed by atoms with Gasteiger partial charge in [0.05, 0.1) is 4.90 Å². The Kier molecular flexibility index (Phi) is 5.53. The number of sulfonamides is 1. The fraction of sp³-hybridized carbons (Fsp3) is 0.600. The molecule has 1 aromatic heterocycles. The van der Waals surface area contributed by atoms with E-state index in [4.69, 9.17) is 4.52 Å². The number of hydrogen-bond acceptors (Lipinski definition) is 6. The van der Waals surface area contributed by atoms with E-state index in [1.165, 1.54) is 32.1 Å². The van der Waals surface area contributed by atoms with E-state index in [-0.39, 0.29) is 0 Å². The Morgan fingerprint density at radius 2 is 1.75 bits per heavy atom.